The van der Waals surface area contributed by atoms with Crippen molar-refractivity contribution < 1.29 is 9.59 Å². The van der Waals surface area contributed by atoms with E-state index in [0.29, 0.717) is 17.0 Å². The lowest BCUT2D eigenvalue weighted by atomic mass is 9.74. The van der Waals surface area contributed by atoms with Gasteiger partial charge in [0.1, 0.15) is 0 Å². The summed E-state index contributed by atoms with van der Waals surface area (Å²) in [5.74, 6) is -1.12. The molecule has 2 amide bonds. The Morgan fingerprint density at radius 2 is 2.00 bits per heavy atom. The van der Waals surface area contributed by atoms with Gasteiger partial charge in [0.05, 0.1) is 4.87 Å². The number of imide groups is 1. The zero-order valence-corrected chi connectivity index (χ0v) is 12.3. The molecule has 0 spiro atoms. The summed E-state index contributed by atoms with van der Waals surface area (Å²) in [4.78, 5) is 22.4. The van der Waals surface area contributed by atoms with Crippen molar-refractivity contribution in [2.24, 2.45) is 5.92 Å². The van der Waals surface area contributed by atoms with Crippen molar-refractivity contribution in [2.75, 3.05) is 0 Å². The van der Waals surface area contributed by atoms with Crippen molar-refractivity contribution in [3.05, 3.63) is 34.4 Å². The number of amides is 2. The first-order valence-corrected chi connectivity index (χ1v) is 7.02. The SMILES string of the molecule is CCC1=CC=C(Cl)C(Cl)(CC)C1C1=CC(=O)NC1=O. The van der Waals surface area contributed by atoms with E-state index in [1.54, 1.807) is 6.08 Å². The second-order valence-corrected chi connectivity index (χ2v) is 5.76. The molecule has 0 radical (unpaired) electrons. The Kier molecular flexibility index (Phi) is 3.88. The van der Waals surface area contributed by atoms with Crippen molar-refractivity contribution in [1.82, 2.24) is 5.32 Å². The summed E-state index contributed by atoms with van der Waals surface area (Å²) in [6.45, 7) is 3.91. The summed E-state index contributed by atoms with van der Waals surface area (Å²) in [5, 5.41) is 2.77. The Balaban J connectivity index is 2.54. The maximum atomic E-state index is 11.9. The van der Waals surface area contributed by atoms with Gasteiger partial charge in [-0.25, -0.2) is 0 Å². The molecule has 0 saturated carbocycles. The molecule has 2 rings (SSSR count). The van der Waals surface area contributed by atoms with Crippen molar-refractivity contribution >= 4 is 35.0 Å². The van der Waals surface area contributed by atoms with Gasteiger partial charge in [0, 0.05) is 22.6 Å². The minimum atomic E-state index is -0.852. The standard InChI is InChI=1S/C14H15Cl2NO2/c1-3-8-5-6-10(15)14(16,4-2)12(8)9-7-11(18)17-13(9)19/h5-7,12H,3-4H2,1-2H3,(H,17,18,19). The molecule has 1 heterocycles. The van der Waals surface area contributed by atoms with Gasteiger partial charge in [0.25, 0.3) is 11.8 Å². The maximum Gasteiger partial charge on any atom is 0.254 e. The quantitative estimate of drug-likeness (QED) is 0.643. The van der Waals surface area contributed by atoms with Crippen molar-refractivity contribution in [3.63, 3.8) is 0 Å². The molecule has 3 nitrogen and oxygen atoms in total. The number of hydrogen-bond donors (Lipinski definition) is 1. The molecular formula is C14H15Cl2NO2. The van der Waals surface area contributed by atoms with Crippen LogP contribution in [0.3, 0.4) is 0 Å². The van der Waals surface area contributed by atoms with Crippen LogP contribution in [0.25, 0.3) is 0 Å². The first-order valence-electron chi connectivity index (χ1n) is 6.26. The minimum Gasteiger partial charge on any atom is -0.289 e. The van der Waals surface area contributed by atoms with E-state index in [0.717, 1.165) is 12.0 Å². The molecule has 0 saturated heterocycles. The first kappa shape index (κ1) is 14.4. The van der Waals surface area contributed by atoms with Gasteiger partial charge in [0.2, 0.25) is 0 Å². The average molecular weight is 300 g/mol. The number of hydrogen-bond acceptors (Lipinski definition) is 2. The normalized spacial score (nSPS) is 30.7. The Hall–Kier alpha value is -1.06. The molecule has 19 heavy (non-hydrogen) atoms. The Bertz CT molecular complexity index is 534. The summed E-state index contributed by atoms with van der Waals surface area (Å²) in [7, 11) is 0. The predicted octanol–water partition coefficient (Wildman–Crippen LogP) is 3.05. The zero-order chi connectivity index (χ0) is 14.2. The summed E-state index contributed by atoms with van der Waals surface area (Å²) in [6, 6.07) is 0. The van der Waals surface area contributed by atoms with Crippen LogP contribution in [0, 0.1) is 5.92 Å². The van der Waals surface area contributed by atoms with Crippen molar-refractivity contribution in [2.45, 2.75) is 31.6 Å². The highest BCUT2D eigenvalue weighted by molar-refractivity contribution is 6.40. The molecule has 2 aliphatic rings. The molecule has 1 N–H and O–H groups in total. The number of carbonyl (C=O) groups excluding carboxylic acids is 2. The molecule has 0 aromatic carbocycles. The second kappa shape index (κ2) is 5.14. The van der Waals surface area contributed by atoms with Gasteiger partial charge in [-0.2, -0.15) is 0 Å². The summed E-state index contributed by atoms with van der Waals surface area (Å²) in [6.07, 6.45) is 6.32. The summed E-state index contributed by atoms with van der Waals surface area (Å²) < 4.78 is 0. The highest BCUT2D eigenvalue weighted by atomic mass is 35.5. The fourth-order valence-corrected chi connectivity index (χ4v) is 3.26. The van der Waals surface area contributed by atoms with Crippen molar-refractivity contribution in [1.29, 1.82) is 0 Å². The summed E-state index contributed by atoms with van der Waals surface area (Å²) >= 11 is 12.9. The average Bonchev–Trinajstić information content (AvgIpc) is 2.71. The van der Waals surface area contributed by atoms with Crippen LogP contribution in [0.1, 0.15) is 26.7 Å². The molecule has 2 atom stereocenters. The lowest BCUT2D eigenvalue weighted by Crippen LogP contribution is -2.39. The van der Waals surface area contributed by atoms with Crippen LogP contribution in [0.5, 0.6) is 0 Å². The molecule has 102 valence electrons. The largest absolute Gasteiger partial charge is 0.289 e. The minimum absolute atomic E-state index is 0.354. The Morgan fingerprint density at radius 1 is 1.32 bits per heavy atom. The molecule has 0 aromatic heterocycles. The number of rotatable bonds is 3. The van der Waals surface area contributed by atoms with Gasteiger partial charge in [0.15, 0.2) is 0 Å². The topological polar surface area (TPSA) is 46.2 Å². The molecular weight excluding hydrogens is 285 g/mol. The maximum absolute atomic E-state index is 11.9. The van der Waals surface area contributed by atoms with Crippen LogP contribution in [0.4, 0.5) is 0 Å². The van der Waals surface area contributed by atoms with Crippen LogP contribution in [0.2, 0.25) is 0 Å². The lowest BCUT2D eigenvalue weighted by molar-refractivity contribution is -0.124. The zero-order valence-electron chi connectivity index (χ0n) is 10.8. The lowest BCUT2D eigenvalue weighted by Gasteiger charge is -2.38. The molecule has 1 aliphatic carbocycles. The van der Waals surface area contributed by atoms with E-state index in [1.807, 2.05) is 19.9 Å². The molecule has 2 unspecified atom stereocenters. The molecule has 0 fully saturated rings. The third-order valence-corrected chi connectivity index (χ3v) is 4.94. The first-order chi connectivity index (χ1) is 8.93. The van der Waals surface area contributed by atoms with E-state index < -0.39 is 10.8 Å². The van der Waals surface area contributed by atoms with Crippen molar-refractivity contribution in [3.8, 4) is 0 Å². The van der Waals surface area contributed by atoms with Gasteiger partial charge < -0.3 is 0 Å². The smallest absolute Gasteiger partial charge is 0.254 e. The highest BCUT2D eigenvalue weighted by Gasteiger charge is 2.46. The third-order valence-electron chi connectivity index (χ3n) is 3.69. The van der Waals surface area contributed by atoms with Gasteiger partial charge in [-0.05, 0) is 18.9 Å². The number of nitrogens with one attached hydrogen (secondary N) is 1. The van der Waals surface area contributed by atoms with E-state index in [-0.39, 0.29) is 11.8 Å². The molecule has 5 heteroatoms. The molecule has 0 aromatic rings. The Morgan fingerprint density at radius 3 is 2.47 bits per heavy atom. The molecule has 1 aliphatic heterocycles. The fourth-order valence-electron chi connectivity index (χ4n) is 2.63. The Labute approximate surface area is 122 Å². The van der Waals surface area contributed by atoms with Crippen LogP contribution in [0.15, 0.2) is 34.4 Å². The van der Waals surface area contributed by atoms with E-state index in [1.165, 1.54) is 6.08 Å². The van der Waals surface area contributed by atoms with Crippen LogP contribution < -0.4 is 5.32 Å². The fraction of sp³-hybridized carbons (Fsp3) is 0.429. The van der Waals surface area contributed by atoms with Gasteiger partial charge >= 0.3 is 0 Å². The van der Waals surface area contributed by atoms with Gasteiger partial charge in [-0.15, -0.1) is 11.6 Å². The summed E-state index contributed by atoms with van der Waals surface area (Å²) in [5.41, 5.74) is 1.42. The number of carbonyl (C=O) groups is 2. The molecule has 0 bridgehead atoms. The van der Waals surface area contributed by atoms with Crippen LogP contribution in [-0.4, -0.2) is 16.7 Å². The highest BCUT2D eigenvalue weighted by Crippen LogP contribution is 2.49. The number of allylic oxidation sites excluding steroid dienone is 4. The van der Waals surface area contributed by atoms with E-state index in [9.17, 15) is 9.59 Å². The second-order valence-electron chi connectivity index (χ2n) is 4.68. The van der Waals surface area contributed by atoms with Crippen LogP contribution in [-0.2, 0) is 9.59 Å². The van der Waals surface area contributed by atoms with Crippen LogP contribution >= 0.6 is 23.2 Å². The predicted molar refractivity (Wildman–Crippen MR) is 75.9 cm³/mol. The number of alkyl halides is 1. The van der Waals surface area contributed by atoms with Gasteiger partial charge in [-0.3, -0.25) is 14.9 Å². The van der Waals surface area contributed by atoms with Gasteiger partial charge in [-0.1, -0.05) is 37.1 Å². The monoisotopic (exact) mass is 299 g/mol. The number of halogens is 2. The van der Waals surface area contributed by atoms with E-state index >= 15 is 0 Å². The van der Waals surface area contributed by atoms with E-state index in [2.05, 4.69) is 5.32 Å². The third kappa shape index (κ3) is 2.26. The van der Waals surface area contributed by atoms with E-state index in [4.69, 9.17) is 23.2 Å².